The van der Waals surface area contributed by atoms with E-state index in [2.05, 4.69) is 4.98 Å². The number of aromatic nitrogens is 1. The zero-order valence-electron chi connectivity index (χ0n) is 7.98. The molecule has 1 aromatic heterocycles. The Kier molecular flexibility index (Phi) is 3.41. The van der Waals surface area contributed by atoms with Gasteiger partial charge in [0.25, 0.3) is 5.69 Å². The zero-order chi connectivity index (χ0) is 10.7. The molecule has 1 aromatic rings. The third kappa shape index (κ3) is 2.20. The van der Waals surface area contributed by atoms with E-state index in [9.17, 15) is 10.1 Å². The Balaban J connectivity index is 3.13. The lowest BCUT2D eigenvalue weighted by Gasteiger charge is -2.12. The molecule has 0 aliphatic heterocycles. The highest BCUT2D eigenvalue weighted by Gasteiger charge is 2.22. The zero-order valence-corrected chi connectivity index (χ0v) is 8.73. The maximum absolute atomic E-state index is 10.7. The van der Waals surface area contributed by atoms with Crippen molar-refractivity contribution < 1.29 is 4.92 Å². The van der Waals surface area contributed by atoms with Crippen LogP contribution in [0.3, 0.4) is 0 Å². The van der Waals surface area contributed by atoms with Crippen LogP contribution in [0.15, 0.2) is 18.3 Å². The van der Waals surface area contributed by atoms with Gasteiger partial charge in [-0.1, -0.05) is 6.92 Å². The number of nitro groups is 1. The summed E-state index contributed by atoms with van der Waals surface area (Å²) in [5, 5.41) is 10.5. The number of hydrogen-bond acceptors (Lipinski definition) is 3. The number of rotatable bonds is 3. The summed E-state index contributed by atoms with van der Waals surface area (Å²) in [6, 6.07) is 2.99. The summed E-state index contributed by atoms with van der Waals surface area (Å²) in [5.41, 5.74) is 0.479. The summed E-state index contributed by atoms with van der Waals surface area (Å²) in [4.78, 5) is 14.2. The van der Waals surface area contributed by atoms with Crippen LogP contribution in [0.2, 0.25) is 0 Å². The molecular formula is C9H11ClN2O2. The Bertz CT molecular complexity index is 341. The van der Waals surface area contributed by atoms with E-state index in [1.807, 2.05) is 6.92 Å². The molecule has 2 atom stereocenters. The Morgan fingerprint density at radius 2 is 2.21 bits per heavy atom. The predicted molar refractivity (Wildman–Crippen MR) is 54.6 cm³/mol. The average Bonchev–Trinajstić information content (AvgIpc) is 2.16. The topological polar surface area (TPSA) is 56.0 Å². The van der Waals surface area contributed by atoms with Gasteiger partial charge in [-0.05, 0) is 13.0 Å². The molecule has 1 rings (SSSR count). The largest absolute Gasteiger partial charge is 0.291 e. The fourth-order valence-corrected chi connectivity index (χ4v) is 1.25. The van der Waals surface area contributed by atoms with E-state index in [0.29, 0.717) is 5.69 Å². The van der Waals surface area contributed by atoms with Gasteiger partial charge in [-0.15, -0.1) is 11.6 Å². The first-order valence-electron chi connectivity index (χ1n) is 4.27. The van der Waals surface area contributed by atoms with Gasteiger partial charge in [-0.25, -0.2) is 0 Å². The second-order valence-corrected chi connectivity index (χ2v) is 3.82. The SMILES string of the molecule is CC(Cl)C(C)c1ncccc1[N+](=O)[O-]. The van der Waals surface area contributed by atoms with Crippen LogP contribution in [-0.4, -0.2) is 15.3 Å². The van der Waals surface area contributed by atoms with E-state index in [1.54, 1.807) is 13.0 Å². The van der Waals surface area contributed by atoms with Crippen molar-refractivity contribution in [3.05, 3.63) is 34.1 Å². The van der Waals surface area contributed by atoms with E-state index in [4.69, 9.17) is 11.6 Å². The van der Waals surface area contributed by atoms with Crippen LogP contribution in [0.25, 0.3) is 0 Å². The smallest absolute Gasteiger partial charge is 0.258 e. The van der Waals surface area contributed by atoms with E-state index in [-0.39, 0.29) is 17.0 Å². The Labute approximate surface area is 87.1 Å². The molecule has 0 N–H and O–H groups in total. The third-order valence-electron chi connectivity index (χ3n) is 2.13. The molecular weight excluding hydrogens is 204 g/mol. The summed E-state index contributed by atoms with van der Waals surface area (Å²) < 4.78 is 0. The maximum atomic E-state index is 10.7. The van der Waals surface area contributed by atoms with Crippen molar-refractivity contribution >= 4 is 17.3 Å². The van der Waals surface area contributed by atoms with Crippen LogP contribution in [0.4, 0.5) is 5.69 Å². The van der Waals surface area contributed by atoms with Crippen molar-refractivity contribution in [2.24, 2.45) is 0 Å². The highest BCUT2D eigenvalue weighted by Crippen LogP contribution is 2.28. The summed E-state index contributed by atoms with van der Waals surface area (Å²) in [5.74, 6) is -0.127. The van der Waals surface area contributed by atoms with Crippen molar-refractivity contribution in [2.75, 3.05) is 0 Å². The Morgan fingerprint density at radius 1 is 1.57 bits per heavy atom. The van der Waals surface area contributed by atoms with Gasteiger partial charge in [0.05, 0.1) is 4.92 Å². The van der Waals surface area contributed by atoms with Gasteiger partial charge in [0, 0.05) is 23.6 Å². The molecule has 0 aliphatic carbocycles. The fraction of sp³-hybridized carbons (Fsp3) is 0.444. The second kappa shape index (κ2) is 4.37. The second-order valence-electron chi connectivity index (χ2n) is 3.13. The monoisotopic (exact) mass is 214 g/mol. The first-order valence-corrected chi connectivity index (χ1v) is 4.71. The van der Waals surface area contributed by atoms with Gasteiger partial charge >= 0.3 is 0 Å². The van der Waals surface area contributed by atoms with Crippen LogP contribution >= 0.6 is 11.6 Å². The highest BCUT2D eigenvalue weighted by atomic mass is 35.5. The molecule has 0 saturated carbocycles. The van der Waals surface area contributed by atoms with Gasteiger partial charge in [0.15, 0.2) is 0 Å². The Morgan fingerprint density at radius 3 is 2.71 bits per heavy atom. The van der Waals surface area contributed by atoms with E-state index >= 15 is 0 Å². The molecule has 0 bridgehead atoms. The summed E-state index contributed by atoms with van der Waals surface area (Å²) in [6.45, 7) is 3.62. The van der Waals surface area contributed by atoms with Crippen molar-refractivity contribution in [2.45, 2.75) is 25.1 Å². The van der Waals surface area contributed by atoms with Crippen LogP contribution in [-0.2, 0) is 0 Å². The molecule has 0 saturated heterocycles. The van der Waals surface area contributed by atoms with Crippen LogP contribution in [0, 0.1) is 10.1 Å². The van der Waals surface area contributed by atoms with Gasteiger partial charge in [0.1, 0.15) is 5.69 Å². The van der Waals surface area contributed by atoms with Crippen molar-refractivity contribution in [3.8, 4) is 0 Å². The standard InChI is InChI=1S/C9H11ClN2O2/c1-6(7(2)10)9-8(12(13)14)4-3-5-11-9/h3-7H,1-2H3. The lowest BCUT2D eigenvalue weighted by molar-refractivity contribution is -0.386. The number of pyridine rings is 1. The first-order chi connectivity index (χ1) is 6.54. The molecule has 0 fully saturated rings. The van der Waals surface area contributed by atoms with Crippen LogP contribution in [0.1, 0.15) is 25.5 Å². The molecule has 0 aromatic carbocycles. The third-order valence-corrected chi connectivity index (χ3v) is 2.51. The molecule has 5 heteroatoms. The Hall–Kier alpha value is -1.16. The average molecular weight is 215 g/mol. The number of alkyl halides is 1. The van der Waals surface area contributed by atoms with Crippen molar-refractivity contribution in [3.63, 3.8) is 0 Å². The van der Waals surface area contributed by atoms with Gasteiger partial charge in [0.2, 0.25) is 0 Å². The summed E-state index contributed by atoms with van der Waals surface area (Å²) >= 11 is 5.88. The normalized spacial score (nSPS) is 14.8. The van der Waals surface area contributed by atoms with Crippen molar-refractivity contribution in [1.82, 2.24) is 4.98 Å². The number of hydrogen-bond donors (Lipinski definition) is 0. The molecule has 2 unspecified atom stereocenters. The highest BCUT2D eigenvalue weighted by molar-refractivity contribution is 6.20. The maximum Gasteiger partial charge on any atom is 0.291 e. The minimum atomic E-state index is -0.432. The van der Waals surface area contributed by atoms with Gasteiger partial charge in [-0.3, -0.25) is 15.1 Å². The summed E-state index contributed by atoms with van der Waals surface area (Å²) in [6.07, 6.45) is 1.54. The molecule has 0 radical (unpaired) electrons. The fourth-order valence-electron chi connectivity index (χ4n) is 1.13. The first kappa shape index (κ1) is 10.9. The summed E-state index contributed by atoms with van der Waals surface area (Å²) in [7, 11) is 0. The molecule has 1 heterocycles. The lowest BCUT2D eigenvalue weighted by Crippen LogP contribution is -2.09. The van der Waals surface area contributed by atoms with E-state index < -0.39 is 4.92 Å². The van der Waals surface area contributed by atoms with E-state index in [0.717, 1.165) is 0 Å². The molecule has 0 amide bonds. The number of halogens is 1. The molecule has 0 spiro atoms. The molecule has 4 nitrogen and oxygen atoms in total. The van der Waals surface area contributed by atoms with Crippen molar-refractivity contribution in [1.29, 1.82) is 0 Å². The molecule has 76 valence electrons. The molecule has 0 aliphatic rings. The van der Waals surface area contributed by atoms with Crippen LogP contribution in [0.5, 0.6) is 0 Å². The predicted octanol–water partition coefficient (Wildman–Crippen LogP) is 2.72. The lowest BCUT2D eigenvalue weighted by atomic mass is 10.0. The van der Waals surface area contributed by atoms with Gasteiger partial charge < -0.3 is 0 Å². The van der Waals surface area contributed by atoms with Crippen LogP contribution < -0.4 is 0 Å². The quantitative estimate of drug-likeness (QED) is 0.442. The minimum absolute atomic E-state index is 0.0347. The minimum Gasteiger partial charge on any atom is -0.258 e. The molecule has 14 heavy (non-hydrogen) atoms. The van der Waals surface area contributed by atoms with Gasteiger partial charge in [-0.2, -0.15) is 0 Å². The number of nitrogens with zero attached hydrogens (tertiary/aromatic N) is 2. The van der Waals surface area contributed by atoms with E-state index in [1.165, 1.54) is 12.3 Å².